The first kappa shape index (κ1) is 15.9. The summed E-state index contributed by atoms with van der Waals surface area (Å²) in [4.78, 5) is 0.159. The molecule has 1 atom stereocenters. The SMILES string of the molecule is CCNS(=O)(=O)c1ccccc1NC(CO)COC. The molecule has 0 radical (unpaired) electrons. The number of ether oxygens (including phenoxy) is 1. The summed E-state index contributed by atoms with van der Waals surface area (Å²) >= 11 is 0. The molecule has 1 rings (SSSR count). The number of rotatable bonds is 8. The van der Waals surface area contributed by atoms with Crippen LogP contribution in [0.4, 0.5) is 5.69 Å². The summed E-state index contributed by atoms with van der Waals surface area (Å²) in [5.41, 5.74) is 0.444. The summed E-state index contributed by atoms with van der Waals surface area (Å²) in [7, 11) is -2.03. The number of hydrogen-bond acceptors (Lipinski definition) is 5. The van der Waals surface area contributed by atoms with E-state index in [1.807, 2.05) is 0 Å². The molecule has 1 unspecified atom stereocenters. The van der Waals surface area contributed by atoms with Crippen LogP contribution in [0.3, 0.4) is 0 Å². The topological polar surface area (TPSA) is 87.7 Å². The van der Waals surface area contributed by atoms with Gasteiger partial charge in [-0.2, -0.15) is 0 Å². The fourth-order valence-electron chi connectivity index (χ4n) is 1.65. The Morgan fingerprint density at radius 1 is 1.37 bits per heavy atom. The summed E-state index contributed by atoms with van der Waals surface area (Å²) < 4.78 is 31.5. The number of sulfonamides is 1. The number of nitrogens with one attached hydrogen (secondary N) is 2. The van der Waals surface area contributed by atoms with Crippen LogP contribution in [0.15, 0.2) is 29.2 Å². The van der Waals surface area contributed by atoms with Crippen molar-refractivity contribution in [1.29, 1.82) is 0 Å². The van der Waals surface area contributed by atoms with E-state index in [0.717, 1.165) is 0 Å². The van der Waals surface area contributed by atoms with Crippen LogP contribution >= 0.6 is 0 Å². The fourth-order valence-corrected chi connectivity index (χ4v) is 2.86. The number of anilines is 1. The molecule has 0 amide bonds. The molecule has 1 aromatic rings. The minimum Gasteiger partial charge on any atom is -0.394 e. The third-order valence-corrected chi connectivity index (χ3v) is 4.06. The van der Waals surface area contributed by atoms with E-state index >= 15 is 0 Å². The van der Waals surface area contributed by atoms with Gasteiger partial charge in [-0.05, 0) is 12.1 Å². The van der Waals surface area contributed by atoms with Crippen LogP contribution in [0.25, 0.3) is 0 Å². The summed E-state index contributed by atoms with van der Waals surface area (Å²) in [6, 6.07) is 6.20. The summed E-state index contributed by atoms with van der Waals surface area (Å²) in [5, 5.41) is 12.2. The fraction of sp³-hybridized carbons (Fsp3) is 0.500. The lowest BCUT2D eigenvalue weighted by Gasteiger charge is -2.19. The second-order valence-corrected chi connectivity index (χ2v) is 5.71. The number of para-hydroxylation sites is 1. The summed E-state index contributed by atoms with van der Waals surface area (Å²) in [6.45, 7) is 2.17. The number of hydrogen-bond donors (Lipinski definition) is 3. The number of aliphatic hydroxyl groups excluding tert-OH is 1. The Morgan fingerprint density at radius 3 is 2.63 bits per heavy atom. The van der Waals surface area contributed by atoms with E-state index in [2.05, 4.69) is 10.0 Å². The van der Waals surface area contributed by atoms with Crippen molar-refractivity contribution in [2.75, 3.05) is 32.2 Å². The molecule has 3 N–H and O–H groups in total. The van der Waals surface area contributed by atoms with Crippen molar-refractivity contribution in [3.63, 3.8) is 0 Å². The predicted molar refractivity (Wildman–Crippen MR) is 73.7 cm³/mol. The van der Waals surface area contributed by atoms with Crippen molar-refractivity contribution < 1.29 is 18.3 Å². The van der Waals surface area contributed by atoms with Gasteiger partial charge in [-0.3, -0.25) is 0 Å². The Balaban J connectivity index is 3.02. The van der Waals surface area contributed by atoms with Crippen molar-refractivity contribution >= 4 is 15.7 Å². The number of methoxy groups -OCH3 is 1. The van der Waals surface area contributed by atoms with Gasteiger partial charge in [0, 0.05) is 13.7 Å². The van der Waals surface area contributed by atoms with E-state index < -0.39 is 10.0 Å². The average Bonchev–Trinajstić information content (AvgIpc) is 2.38. The molecule has 0 bridgehead atoms. The second kappa shape index (κ2) is 7.44. The van der Waals surface area contributed by atoms with E-state index in [4.69, 9.17) is 4.74 Å². The molecule has 0 aliphatic carbocycles. The van der Waals surface area contributed by atoms with E-state index in [1.54, 1.807) is 25.1 Å². The van der Waals surface area contributed by atoms with Crippen LogP contribution in [0.1, 0.15) is 6.92 Å². The van der Waals surface area contributed by atoms with E-state index in [0.29, 0.717) is 12.2 Å². The minimum absolute atomic E-state index is 0.149. The molecule has 6 nitrogen and oxygen atoms in total. The third-order valence-electron chi connectivity index (χ3n) is 2.46. The van der Waals surface area contributed by atoms with Gasteiger partial charge in [-0.1, -0.05) is 19.1 Å². The molecule has 0 aromatic heterocycles. The molecule has 0 fully saturated rings. The van der Waals surface area contributed by atoms with E-state index in [9.17, 15) is 13.5 Å². The molecule has 0 aliphatic rings. The Hall–Kier alpha value is -1.15. The van der Waals surface area contributed by atoms with Gasteiger partial charge in [0.15, 0.2) is 0 Å². The van der Waals surface area contributed by atoms with Crippen molar-refractivity contribution in [2.24, 2.45) is 0 Å². The third kappa shape index (κ3) is 4.46. The maximum atomic E-state index is 12.0. The Kier molecular flexibility index (Phi) is 6.23. The number of benzene rings is 1. The van der Waals surface area contributed by atoms with Gasteiger partial charge in [-0.25, -0.2) is 13.1 Å². The van der Waals surface area contributed by atoms with Gasteiger partial charge in [0.1, 0.15) is 4.90 Å². The second-order valence-electron chi connectivity index (χ2n) is 3.98. The highest BCUT2D eigenvalue weighted by atomic mass is 32.2. The van der Waals surface area contributed by atoms with Gasteiger partial charge in [0.25, 0.3) is 0 Å². The Morgan fingerprint density at radius 2 is 2.05 bits per heavy atom. The molecule has 19 heavy (non-hydrogen) atoms. The van der Waals surface area contributed by atoms with Gasteiger partial charge < -0.3 is 15.2 Å². The van der Waals surface area contributed by atoms with Crippen molar-refractivity contribution in [3.8, 4) is 0 Å². The lowest BCUT2D eigenvalue weighted by molar-refractivity contribution is 0.153. The van der Waals surface area contributed by atoms with Gasteiger partial charge in [-0.15, -0.1) is 0 Å². The normalized spacial score (nSPS) is 13.2. The van der Waals surface area contributed by atoms with Crippen LogP contribution in [0.2, 0.25) is 0 Å². The molecule has 108 valence electrons. The van der Waals surface area contributed by atoms with Crippen LogP contribution in [0, 0.1) is 0 Å². The van der Waals surface area contributed by atoms with E-state index in [1.165, 1.54) is 13.2 Å². The standard InChI is InChI=1S/C12H20N2O4S/c1-3-13-19(16,17)12-7-5-4-6-11(12)14-10(8-15)9-18-2/h4-7,10,13-15H,3,8-9H2,1-2H3. The zero-order valence-electron chi connectivity index (χ0n) is 11.1. The highest BCUT2D eigenvalue weighted by molar-refractivity contribution is 7.89. The zero-order chi connectivity index (χ0) is 14.3. The first-order valence-electron chi connectivity index (χ1n) is 6.00. The largest absolute Gasteiger partial charge is 0.394 e. The average molecular weight is 288 g/mol. The lowest BCUT2D eigenvalue weighted by atomic mass is 10.2. The quantitative estimate of drug-likeness (QED) is 0.644. The van der Waals surface area contributed by atoms with E-state index in [-0.39, 0.29) is 24.2 Å². The zero-order valence-corrected chi connectivity index (χ0v) is 11.9. The highest BCUT2D eigenvalue weighted by Crippen LogP contribution is 2.21. The molecule has 0 saturated heterocycles. The monoisotopic (exact) mass is 288 g/mol. The molecular formula is C12H20N2O4S. The van der Waals surface area contributed by atoms with Crippen molar-refractivity contribution in [3.05, 3.63) is 24.3 Å². The lowest BCUT2D eigenvalue weighted by Crippen LogP contribution is -2.31. The first-order valence-corrected chi connectivity index (χ1v) is 7.48. The van der Waals surface area contributed by atoms with Crippen LogP contribution in [0.5, 0.6) is 0 Å². The van der Waals surface area contributed by atoms with Crippen molar-refractivity contribution in [1.82, 2.24) is 4.72 Å². The maximum Gasteiger partial charge on any atom is 0.242 e. The summed E-state index contributed by atoms with van der Waals surface area (Å²) in [6.07, 6.45) is 0. The summed E-state index contributed by atoms with van der Waals surface area (Å²) in [5.74, 6) is 0. The molecule has 7 heteroatoms. The smallest absolute Gasteiger partial charge is 0.242 e. The molecular weight excluding hydrogens is 268 g/mol. The maximum absolute atomic E-state index is 12.0. The Labute approximate surface area is 113 Å². The van der Waals surface area contributed by atoms with Gasteiger partial charge in [0.05, 0.1) is 24.9 Å². The predicted octanol–water partition coefficient (Wildman–Crippen LogP) is 0.404. The molecule has 0 aliphatic heterocycles. The van der Waals surface area contributed by atoms with Crippen LogP contribution in [-0.2, 0) is 14.8 Å². The van der Waals surface area contributed by atoms with Crippen LogP contribution < -0.4 is 10.0 Å². The molecule has 0 spiro atoms. The van der Waals surface area contributed by atoms with Crippen LogP contribution in [-0.4, -0.2) is 46.4 Å². The van der Waals surface area contributed by atoms with Gasteiger partial charge in [0.2, 0.25) is 10.0 Å². The van der Waals surface area contributed by atoms with Gasteiger partial charge >= 0.3 is 0 Å². The Bertz CT molecular complexity index is 490. The molecule has 0 heterocycles. The molecule has 1 aromatic carbocycles. The number of aliphatic hydroxyl groups is 1. The highest BCUT2D eigenvalue weighted by Gasteiger charge is 2.18. The minimum atomic E-state index is -3.54. The van der Waals surface area contributed by atoms with Crippen molar-refractivity contribution in [2.45, 2.75) is 17.9 Å². The molecule has 0 saturated carbocycles. The first-order chi connectivity index (χ1) is 9.05.